The van der Waals surface area contributed by atoms with E-state index in [4.69, 9.17) is 0 Å². The molecule has 0 spiro atoms. The number of carbonyl (C=O) groups excluding carboxylic acids is 1. The van der Waals surface area contributed by atoms with E-state index in [1.165, 1.54) is 12.4 Å². The molecule has 0 aliphatic rings. The molecular weight excluding hydrogens is 158 g/mol. The number of hydrogen-bond donors (Lipinski definition) is 2. The highest BCUT2D eigenvalue weighted by Crippen LogP contribution is 2.08. The summed E-state index contributed by atoms with van der Waals surface area (Å²) in [5, 5.41) is 6.19. The summed E-state index contributed by atoms with van der Waals surface area (Å²) in [6.45, 7) is 0. The molecule has 0 aliphatic carbocycles. The summed E-state index contributed by atoms with van der Waals surface area (Å²) >= 11 is 0. The van der Waals surface area contributed by atoms with Crippen molar-refractivity contribution in [2.45, 2.75) is 0 Å². The number of aromatic nitrogens is 3. The van der Waals surface area contributed by atoms with Gasteiger partial charge in [0.05, 0.1) is 17.1 Å². The molecule has 12 heavy (non-hydrogen) atoms. The second kappa shape index (κ2) is 2.30. The lowest BCUT2D eigenvalue weighted by molar-refractivity contribution is 0.112. The van der Waals surface area contributed by atoms with Crippen LogP contribution < -0.4 is 5.56 Å². The summed E-state index contributed by atoms with van der Waals surface area (Å²) in [5.41, 5.74) is 0.574. The van der Waals surface area contributed by atoms with Crippen molar-refractivity contribution in [1.82, 2.24) is 15.2 Å². The highest BCUT2D eigenvalue weighted by Gasteiger charge is 2.05. The van der Waals surface area contributed by atoms with Gasteiger partial charge >= 0.3 is 0 Å². The first-order chi connectivity index (χ1) is 5.83. The fourth-order valence-electron chi connectivity index (χ4n) is 1.11. The summed E-state index contributed by atoms with van der Waals surface area (Å²) in [7, 11) is 0. The maximum Gasteiger partial charge on any atom is 0.274 e. The normalized spacial score (nSPS) is 10.3. The zero-order valence-corrected chi connectivity index (χ0v) is 6.00. The Bertz CT molecular complexity index is 483. The van der Waals surface area contributed by atoms with Crippen molar-refractivity contribution in [2.24, 2.45) is 0 Å². The molecule has 2 heterocycles. The van der Waals surface area contributed by atoms with Crippen LogP contribution >= 0.6 is 0 Å². The monoisotopic (exact) mass is 163 g/mol. The Morgan fingerprint density at radius 3 is 3.08 bits per heavy atom. The van der Waals surface area contributed by atoms with Crippen LogP contribution in [0.4, 0.5) is 0 Å². The fourth-order valence-corrected chi connectivity index (χ4v) is 1.11. The molecule has 60 valence electrons. The third-order valence-corrected chi connectivity index (χ3v) is 1.65. The molecule has 0 unspecified atom stereocenters. The molecule has 5 heteroatoms. The molecule has 2 aromatic heterocycles. The number of carbonyl (C=O) groups is 1. The number of nitrogens with zero attached hydrogens (tertiary/aromatic N) is 1. The van der Waals surface area contributed by atoms with Gasteiger partial charge in [0.2, 0.25) is 0 Å². The van der Waals surface area contributed by atoms with E-state index in [1.54, 1.807) is 0 Å². The third-order valence-electron chi connectivity index (χ3n) is 1.65. The van der Waals surface area contributed by atoms with E-state index in [9.17, 15) is 9.59 Å². The number of fused-ring (bicyclic) bond motifs is 1. The van der Waals surface area contributed by atoms with Gasteiger partial charge in [0.25, 0.3) is 5.56 Å². The Labute approximate surface area is 66.4 Å². The van der Waals surface area contributed by atoms with Crippen molar-refractivity contribution in [2.75, 3.05) is 0 Å². The van der Waals surface area contributed by atoms with Gasteiger partial charge in [-0.25, -0.2) is 5.10 Å². The average Bonchev–Trinajstić information content (AvgIpc) is 2.49. The molecule has 0 bridgehead atoms. The molecule has 2 aromatic rings. The van der Waals surface area contributed by atoms with Gasteiger partial charge in [-0.15, -0.1) is 0 Å². The average molecular weight is 163 g/mol. The predicted octanol–water partition coefficient (Wildman–Crippen LogP) is 0.0637. The minimum absolute atomic E-state index is 0.351. The quantitative estimate of drug-likeness (QED) is 0.583. The maximum absolute atomic E-state index is 11.1. The van der Waals surface area contributed by atoms with Crippen LogP contribution in [0.1, 0.15) is 10.4 Å². The molecule has 0 fully saturated rings. The molecule has 0 radical (unpaired) electrons. The van der Waals surface area contributed by atoms with Crippen molar-refractivity contribution < 1.29 is 4.79 Å². The Hall–Kier alpha value is -1.91. The number of aldehydes is 1. The van der Waals surface area contributed by atoms with Crippen molar-refractivity contribution in [3.8, 4) is 0 Å². The van der Waals surface area contributed by atoms with Gasteiger partial charge < -0.3 is 4.98 Å². The zero-order chi connectivity index (χ0) is 8.55. The maximum atomic E-state index is 11.1. The smallest absolute Gasteiger partial charge is 0.274 e. The second-order valence-electron chi connectivity index (χ2n) is 2.35. The highest BCUT2D eigenvalue weighted by molar-refractivity contribution is 5.96. The summed E-state index contributed by atoms with van der Waals surface area (Å²) in [5.74, 6) is 0. The van der Waals surface area contributed by atoms with Crippen LogP contribution in [0.15, 0.2) is 17.2 Å². The fraction of sp³-hybridized carbons (Fsp3) is 0. The standard InChI is InChI=1S/C7H5N3O2/c11-3-4-1-8-5-2-9-10-7(12)6(4)5/h1-3,8H,(H,10,12). The summed E-state index contributed by atoms with van der Waals surface area (Å²) in [6.07, 6.45) is 3.58. The molecule has 2 N–H and O–H groups in total. The van der Waals surface area contributed by atoms with E-state index in [0.29, 0.717) is 22.8 Å². The van der Waals surface area contributed by atoms with Crippen molar-refractivity contribution in [3.63, 3.8) is 0 Å². The van der Waals surface area contributed by atoms with Crippen LogP contribution in [0.3, 0.4) is 0 Å². The lowest BCUT2D eigenvalue weighted by Gasteiger charge is -1.85. The van der Waals surface area contributed by atoms with Crippen LogP contribution in [0, 0.1) is 0 Å². The number of aromatic amines is 2. The topological polar surface area (TPSA) is 78.6 Å². The molecule has 0 aliphatic heterocycles. The van der Waals surface area contributed by atoms with Gasteiger partial charge in [0.1, 0.15) is 0 Å². The molecule has 5 nitrogen and oxygen atoms in total. The van der Waals surface area contributed by atoms with Crippen molar-refractivity contribution in [3.05, 3.63) is 28.3 Å². The molecule has 2 rings (SSSR count). The number of hydrogen-bond acceptors (Lipinski definition) is 3. The summed E-state index contributed by atoms with van der Waals surface area (Å²) in [4.78, 5) is 24.3. The Balaban J connectivity index is 3.02. The Kier molecular flexibility index (Phi) is 1.30. The number of rotatable bonds is 1. The number of nitrogens with one attached hydrogen (secondary N) is 2. The first kappa shape index (κ1) is 6.78. The van der Waals surface area contributed by atoms with E-state index >= 15 is 0 Å². The van der Waals surface area contributed by atoms with Gasteiger partial charge in [-0.3, -0.25) is 9.59 Å². The van der Waals surface area contributed by atoms with Gasteiger partial charge in [0.15, 0.2) is 6.29 Å². The van der Waals surface area contributed by atoms with Crippen LogP contribution in [0.5, 0.6) is 0 Å². The summed E-state index contributed by atoms with van der Waals surface area (Å²) in [6, 6.07) is 0. The number of H-pyrrole nitrogens is 2. The third kappa shape index (κ3) is 0.763. The lowest BCUT2D eigenvalue weighted by Crippen LogP contribution is -2.07. The second-order valence-corrected chi connectivity index (χ2v) is 2.35. The molecule has 0 amide bonds. The minimum Gasteiger partial charge on any atom is -0.359 e. The largest absolute Gasteiger partial charge is 0.359 e. The first-order valence-corrected chi connectivity index (χ1v) is 3.33. The molecule has 0 aromatic carbocycles. The predicted molar refractivity (Wildman–Crippen MR) is 42.1 cm³/mol. The molecule has 0 saturated carbocycles. The van der Waals surface area contributed by atoms with E-state index in [0.717, 1.165) is 0 Å². The van der Waals surface area contributed by atoms with Gasteiger partial charge in [-0.05, 0) is 0 Å². The summed E-state index contributed by atoms with van der Waals surface area (Å²) < 4.78 is 0. The van der Waals surface area contributed by atoms with Gasteiger partial charge in [-0.1, -0.05) is 0 Å². The zero-order valence-electron chi connectivity index (χ0n) is 6.00. The Morgan fingerprint density at radius 1 is 1.50 bits per heavy atom. The van der Waals surface area contributed by atoms with Crippen molar-refractivity contribution >= 4 is 17.2 Å². The minimum atomic E-state index is -0.351. The Morgan fingerprint density at radius 2 is 2.33 bits per heavy atom. The molecule has 0 saturated heterocycles. The SMILES string of the molecule is O=Cc1c[nH]c2cn[nH]c(=O)c12. The van der Waals surface area contributed by atoms with Gasteiger partial charge in [-0.2, -0.15) is 5.10 Å². The van der Waals surface area contributed by atoms with Gasteiger partial charge in [0, 0.05) is 11.8 Å². The molecule has 0 atom stereocenters. The van der Waals surface area contributed by atoms with E-state index in [1.807, 2.05) is 0 Å². The lowest BCUT2D eigenvalue weighted by atomic mass is 10.2. The van der Waals surface area contributed by atoms with Crippen molar-refractivity contribution in [1.29, 1.82) is 0 Å². The molecular formula is C7H5N3O2. The van der Waals surface area contributed by atoms with Crippen LogP contribution in [-0.4, -0.2) is 21.5 Å². The van der Waals surface area contributed by atoms with E-state index in [2.05, 4.69) is 15.2 Å². The first-order valence-electron chi connectivity index (χ1n) is 3.33. The van der Waals surface area contributed by atoms with Crippen LogP contribution in [-0.2, 0) is 0 Å². The van der Waals surface area contributed by atoms with E-state index in [-0.39, 0.29) is 5.56 Å². The van der Waals surface area contributed by atoms with Crippen LogP contribution in [0.25, 0.3) is 10.9 Å². The van der Waals surface area contributed by atoms with Crippen LogP contribution in [0.2, 0.25) is 0 Å². The highest BCUT2D eigenvalue weighted by atomic mass is 16.1. The van der Waals surface area contributed by atoms with E-state index < -0.39 is 0 Å².